The number of nitrogens with zero attached hydrogens (tertiary/aromatic N) is 6. The molecule has 0 aliphatic carbocycles. The molecule has 0 aromatic carbocycles. The van der Waals surface area contributed by atoms with Gasteiger partial charge < -0.3 is 25.0 Å². The number of rotatable bonds is 10. The van der Waals surface area contributed by atoms with Crippen molar-refractivity contribution in [3.63, 3.8) is 0 Å². The van der Waals surface area contributed by atoms with E-state index in [0.717, 1.165) is 37.6 Å². The fraction of sp³-hybridized carbons (Fsp3) is 0.632. The first kappa shape index (κ1) is 23.4. The summed E-state index contributed by atoms with van der Waals surface area (Å²) in [5.74, 6) is 0.304. The number of aromatic nitrogens is 5. The third kappa shape index (κ3) is 5.14. The van der Waals surface area contributed by atoms with E-state index in [4.69, 9.17) is 9.84 Å². The fourth-order valence-corrected chi connectivity index (χ4v) is 3.91. The van der Waals surface area contributed by atoms with Crippen molar-refractivity contribution in [1.29, 1.82) is 0 Å². The summed E-state index contributed by atoms with van der Waals surface area (Å²) in [5, 5.41) is 38.6. The standard InChI is InChI=1S/C19H28N6O5S/c1-4-6-9-24(3)16-13-17(21-19(20-16)31-10-5-2)25(23-22-13)18-15(29)14(28)11(30-18)7-8-12(26)27/h7-8,11,14-15,18,28-29H,4-6,9-10H2,1-3H3,(H,26,27)/b8-7+/t11-,14-,15-,18-/m1/s1. The third-order valence-electron chi connectivity index (χ3n) is 4.87. The Bertz CT molecular complexity index is 938. The summed E-state index contributed by atoms with van der Waals surface area (Å²) in [6.45, 7) is 4.97. The second kappa shape index (κ2) is 10.4. The van der Waals surface area contributed by atoms with Crippen LogP contribution in [-0.2, 0) is 9.53 Å². The second-order valence-corrected chi connectivity index (χ2v) is 8.39. The number of aliphatic carboxylic acids is 1. The zero-order valence-electron chi connectivity index (χ0n) is 17.7. The van der Waals surface area contributed by atoms with Crippen LogP contribution in [0.25, 0.3) is 11.2 Å². The summed E-state index contributed by atoms with van der Waals surface area (Å²) in [4.78, 5) is 22.0. The topological polar surface area (TPSA) is 147 Å². The molecule has 1 saturated heterocycles. The van der Waals surface area contributed by atoms with Gasteiger partial charge in [0.1, 0.15) is 18.3 Å². The molecule has 3 rings (SSSR count). The molecule has 3 N–H and O–H groups in total. The molecule has 11 nitrogen and oxygen atoms in total. The molecule has 0 unspecified atom stereocenters. The van der Waals surface area contributed by atoms with E-state index in [1.165, 1.54) is 22.5 Å². The first-order valence-corrected chi connectivity index (χ1v) is 11.3. The van der Waals surface area contributed by atoms with Gasteiger partial charge in [0.2, 0.25) is 0 Å². The van der Waals surface area contributed by atoms with Crippen molar-refractivity contribution in [3.8, 4) is 0 Å². The predicted molar refractivity (Wildman–Crippen MR) is 115 cm³/mol. The lowest BCUT2D eigenvalue weighted by molar-refractivity contribution is -0.131. The molecule has 1 fully saturated rings. The van der Waals surface area contributed by atoms with Crippen molar-refractivity contribution < 1.29 is 24.9 Å². The van der Waals surface area contributed by atoms with Gasteiger partial charge in [0.15, 0.2) is 28.4 Å². The van der Waals surface area contributed by atoms with Gasteiger partial charge in [-0.3, -0.25) is 0 Å². The van der Waals surface area contributed by atoms with Crippen LogP contribution < -0.4 is 4.90 Å². The van der Waals surface area contributed by atoms with Crippen LogP contribution >= 0.6 is 11.8 Å². The molecular formula is C19H28N6O5S. The zero-order valence-corrected chi connectivity index (χ0v) is 18.6. The molecular weight excluding hydrogens is 424 g/mol. The predicted octanol–water partition coefficient (Wildman–Crippen LogP) is 1.22. The second-order valence-electron chi connectivity index (χ2n) is 7.33. The molecule has 0 saturated carbocycles. The van der Waals surface area contributed by atoms with Crippen LogP contribution in [0.1, 0.15) is 39.3 Å². The number of fused-ring (bicyclic) bond motifs is 1. The summed E-state index contributed by atoms with van der Waals surface area (Å²) in [7, 11) is 1.93. The molecule has 0 amide bonds. The monoisotopic (exact) mass is 452 g/mol. The van der Waals surface area contributed by atoms with E-state index in [9.17, 15) is 15.0 Å². The van der Waals surface area contributed by atoms with Gasteiger partial charge in [-0.2, -0.15) is 4.68 Å². The normalized spacial score (nSPS) is 23.8. The number of unbranched alkanes of at least 4 members (excludes halogenated alkanes) is 1. The van der Waals surface area contributed by atoms with Gasteiger partial charge >= 0.3 is 5.97 Å². The van der Waals surface area contributed by atoms with E-state index in [-0.39, 0.29) is 0 Å². The van der Waals surface area contributed by atoms with Crippen LogP contribution in [0.2, 0.25) is 0 Å². The average Bonchev–Trinajstić information content (AvgIpc) is 3.29. The van der Waals surface area contributed by atoms with Crippen molar-refractivity contribution in [2.24, 2.45) is 0 Å². The van der Waals surface area contributed by atoms with Gasteiger partial charge in [0.05, 0.1) is 0 Å². The molecule has 170 valence electrons. The number of hydrogen-bond acceptors (Lipinski definition) is 10. The SMILES string of the molecule is CCCCN(C)c1nc(SCCC)nc2c1nnn2[C@@H]1O[C@H](/C=C/C(=O)O)[C@@H](O)[C@H]1O. The number of aliphatic hydroxyl groups excluding tert-OH is 2. The Morgan fingerprint density at radius 3 is 2.71 bits per heavy atom. The fourth-order valence-electron chi connectivity index (χ4n) is 3.22. The number of thioether (sulfide) groups is 1. The van der Waals surface area contributed by atoms with Crippen LogP contribution in [0.5, 0.6) is 0 Å². The molecule has 2 aromatic rings. The minimum Gasteiger partial charge on any atom is -0.478 e. The van der Waals surface area contributed by atoms with Crippen LogP contribution in [0, 0.1) is 0 Å². The van der Waals surface area contributed by atoms with E-state index >= 15 is 0 Å². The van der Waals surface area contributed by atoms with E-state index in [1.807, 2.05) is 11.9 Å². The van der Waals surface area contributed by atoms with Crippen molar-refractivity contribution >= 4 is 34.7 Å². The average molecular weight is 453 g/mol. The Balaban J connectivity index is 2.00. The summed E-state index contributed by atoms with van der Waals surface area (Å²) in [6.07, 6.45) is 0.309. The summed E-state index contributed by atoms with van der Waals surface area (Å²) < 4.78 is 7.03. The number of carboxylic acid groups (broad SMARTS) is 1. The molecule has 1 aliphatic rings. The summed E-state index contributed by atoms with van der Waals surface area (Å²) in [5.41, 5.74) is 0.848. The quantitative estimate of drug-likeness (QED) is 0.271. The molecule has 1 aliphatic heterocycles. The molecule has 3 heterocycles. The van der Waals surface area contributed by atoms with Gasteiger partial charge in [-0.1, -0.05) is 37.2 Å². The van der Waals surface area contributed by atoms with Crippen LogP contribution in [-0.4, -0.2) is 83.9 Å². The maximum absolute atomic E-state index is 10.8. The first-order valence-electron chi connectivity index (χ1n) is 10.3. The van der Waals surface area contributed by atoms with Crippen LogP contribution in [0.4, 0.5) is 5.82 Å². The smallest absolute Gasteiger partial charge is 0.328 e. The molecule has 0 bridgehead atoms. The van der Waals surface area contributed by atoms with Crippen molar-refractivity contribution in [2.45, 2.75) is 62.8 Å². The highest BCUT2D eigenvalue weighted by atomic mass is 32.2. The highest BCUT2D eigenvalue weighted by Gasteiger charge is 2.44. The number of carbonyl (C=O) groups is 1. The minimum absolute atomic E-state index is 0.381. The van der Waals surface area contributed by atoms with E-state index in [1.54, 1.807) is 0 Å². The van der Waals surface area contributed by atoms with Crippen LogP contribution in [0.15, 0.2) is 17.3 Å². The van der Waals surface area contributed by atoms with E-state index in [0.29, 0.717) is 22.1 Å². The molecule has 0 radical (unpaired) electrons. The van der Waals surface area contributed by atoms with Gasteiger partial charge in [-0.25, -0.2) is 14.8 Å². The lowest BCUT2D eigenvalue weighted by atomic mass is 10.1. The third-order valence-corrected chi connectivity index (χ3v) is 5.93. The summed E-state index contributed by atoms with van der Waals surface area (Å²) >= 11 is 1.51. The number of aliphatic hydroxyl groups is 2. The molecule has 2 aromatic heterocycles. The Morgan fingerprint density at radius 2 is 2.03 bits per heavy atom. The van der Waals surface area contributed by atoms with Crippen molar-refractivity contribution in [2.75, 3.05) is 24.2 Å². The largest absolute Gasteiger partial charge is 0.478 e. The number of hydrogen-bond donors (Lipinski definition) is 3. The number of anilines is 1. The highest BCUT2D eigenvalue weighted by molar-refractivity contribution is 7.99. The Labute approximate surface area is 184 Å². The highest BCUT2D eigenvalue weighted by Crippen LogP contribution is 2.33. The van der Waals surface area contributed by atoms with Gasteiger partial charge in [-0.05, 0) is 18.9 Å². The minimum atomic E-state index is -1.34. The molecule has 4 atom stereocenters. The Morgan fingerprint density at radius 1 is 1.26 bits per heavy atom. The first-order chi connectivity index (χ1) is 14.9. The Hall–Kier alpha value is -2.28. The molecule has 31 heavy (non-hydrogen) atoms. The molecule has 0 spiro atoms. The van der Waals surface area contributed by atoms with Crippen molar-refractivity contribution in [1.82, 2.24) is 25.0 Å². The van der Waals surface area contributed by atoms with E-state index in [2.05, 4.69) is 34.1 Å². The zero-order chi connectivity index (χ0) is 22.5. The maximum atomic E-state index is 10.8. The number of carboxylic acids is 1. The summed E-state index contributed by atoms with van der Waals surface area (Å²) in [6, 6.07) is 0. The number of ether oxygens (including phenoxy) is 1. The van der Waals surface area contributed by atoms with Gasteiger partial charge in [0, 0.05) is 25.4 Å². The maximum Gasteiger partial charge on any atom is 0.328 e. The van der Waals surface area contributed by atoms with Crippen molar-refractivity contribution in [3.05, 3.63) is 12.2 Å². The molecule has 12 heteroatoms. The Kier molecular flexibility index (Phi) is 7.81. The van der Waals surface area contributed by atoms with Gasteiger partial charge in [-0.15, -0.1) is 5.10 Å². The lowest BCUT2D eigenvalue weighted by Crippen LogP contribution is -2.31. The van der Waals surface area contributed by atoms with E-state index < -0.39 is 30.5 Å². The van der Waals surface area contributed by atoms with Crippen LogP contribution in [0.3, 0.4) is 0 Å². The lowest BCUT2D eigenvalue weighted by Gasteiger charge is -2.19. The van der Waals surface area contributed by atoms with Gasteiger partial charge in [0.25, 0.3) is 0 Å².